The Balaban J connectivity index is 2.27. The smallest absolute Gasteiger partial charge is 0.349 e. The van der Waals surface area contributed by atoms with Crippen LogP contribution in [0.1, 0.15) is 11.4 Å². The predicted molar refractivity (Wildman–Crippen MR) is 62.9 cm³/mol. The highest BCUT2D eigenvalue weighted by Crippen LogP contribution is 2.14. The van der Waals surface area contributed by atoms with Crippen molar-refractivity contribution < 1.29 is 4.74 Å². The van der Waals surface area contributed by atoms with Gasteiger partial charge in [0, 0.05) is 6.42 Å². The SMILES string of the molecule is COc1cccc(Cc2nc(N)nc(=O)[nH]2)c1. The van der Waals surface area contributed by atoms with Crippen molar-refractivity contribution >= 4 is 5.95 Å². The molecule has 2 aromatic rings. The second-order valence-electron chi connectivity index (χ2n) is 3.49. The van der Waals surface area contributed by atoms with Gasteiger partial charge in [0.2, 0.25) is 5.95 Å². The zero-order chi connectivity index (χ0) is 12.3. The molecule has 17 heavy (non-hydrogen) atoms. The van der Waals surface area contributed by atoms with Crippen LogP contribution in [-0.2, 0) is 6.42 Å². The summed E-state index contributed by atoms with van der Waals surface area (Å²) >= 11 is 0. The van der Waals surface area contributed by atoms with Crippen LogP contribution < -0.4 is 16.2 Å². The molecular formula is C11H12N4O2. The van der Waals surface area contributed by atoms with Gasteiger partial charge in [-0.2, -0.15) is 9.97 Å². The van der Waals surface area contributed by atoms with Gasteiger partial charge in [0.15, 0.2) is 0 Å². The van der Waals surface area contributed by atoms with E-state index in [4.69, 9.17) is 10.5 Å². The summed E-state index contributed by atoms with van der Waals surface area (Å²) in [6.45, 7) is 0. The number of nitrogens with zero attached hydrogens (tertiary/aromatic N) is 2. The molecule has 0 aliphatic rings. The lowest BCUT2D eigenvalue weighted by Gasteiger charge is -2.04. The molecule has 0 atom stereocenters. The average molecular weight is 232 g/mol. The second kappa shape index (κ2) is 4.65. The molecule has 1 aromatic heterocycles. The number of hydrogen-bond donors (Lipinski definition) is 2. The van der Waals surface area contributed by atoms with Crippen LogP contribution in [0, 0.1) is 0 Å². The lowest BCUT2D eigenvalue weighted by Crippen LogP contribution is -2.17. The Hall–Kier alpha value is -2.37. The van der Waals surface area contributed by atoms with Crippen LogP contribution in [0.15, 0.2) is 29.1 Å². The van der Waals surface area contributed by atoms with Crippen LogP contribution in [-0.4, -0.2) is 22.1 Å². The van der Waals surface area contributed by atoms with Gasteiger partial charge in [0.1, 0.15) is 11.6 Å². The first-order valence-corrected chi connectivity index (χ1v) is 5.03. The molecule has 0 amide bonds. The first-order valence-electron chi connectivity index (χ1n) is 5.03. The molecule has 2 rings (SSSR count). The largest absolute Gasteiger partial charge is 0.497 e. The first-order chi connectivity index (χ1) is 8.17. The third kappa shape index (κ3) is 2.81. The number of ether oxygens (including phenoxy) is 1. The van der Waals surface area contributed by atoms with Gasteiger partial charge in [0.25, 0.3) is 0 Å². The van der Waals surface area contributed by atoms with Crippen LogP contribution >= 0.6 is 0 Å². The molecular weight excluding hydrogens is 220 g/mol. The van der Waals surface area contributed by atoms with Gasteiger partial charge in [-0.3, -0.25) is 4.98 Å². The van der Waals surface area contributed by atoms with Gasteiger partial charge in [-0.25, -0.2) is 4.79 Å². The van der Waals surface area contributed by atoms with Gasteiger partial charge in [-0.15, -0.1) is 0 Å². The summed E-state index contributed by atoms with van der Waals surface area (Å²) < 4.78 is 5.11. The van der Waals surface area contributed by atoms with E-state index in [-0.39, 0.29) is 5.95 Å². The van der Waals surface area contributed by atoms with Crippen LogP contribution in [0.3, 0.4) is 0 Å². The van der Waals surface area contributed by atoms with Gasteiger partial charge < -0.3 is 10.5 Å². The summed E-state index contributed by atoms with van der Waals surface area (Å²) in [6.07, 6.45) is 0.471. The fourth-order valence-electron chi connectivity index (χ4n) is 1.51. The number of aromatic amines is 1. The van der Waals surface area contributed by atoms with E-state index in [0.717, 1.165) is 11.3 Å². The third-order valence-corrected chi connectivity index (χ3v) is 2.22. The molecule has 0 unspecified atom stereocenters. The van der Waals surface area contributed by atoms with Crippen LogP contribution in [0.2, 0.25) is 0 Å². The van der Waals surface area contributed by atoms with Gasteiger partial charge >= 0.3 is 5.69 Å². The number of benzene rings is 1. The number of anilines is 1. The van der Waals surface area contributed by atoms with Crippen molar-refractivity contribution in [3.63, 3.8) is 0 Å². The Morgan fingerprint density at radius 3 is 2.94 bits per heavy atom. The summed E-state index contributed by atoms with van der Waals surface area (Å²) in [4.78, 5) is 21.0. The maximum atomic E-state index is 11.1. The van der Waals surface area contributed by atoms with Crippen molar-refractivity contribution in [3.8, 4) is 5.75 Å². The summed E-state index contributed by atoms with van der Waals surface area (Å²) in [7, 11) is 1.60. The Bertz CT molecular complexity index is 580. The highest BCUT2D eigenvalue weighted by Gasteiger charge is 2.02. The molecule has 0 saturated heterocycles. The molecule has 0 aliphatic carbocycles. The standard InChI is InChI=1S/C11H12N4O2/c1-17-8-4-2-3-7(5-8)6-9-13-10(12)15-11(16)14-9/h2-5H,6H2,1H3,(H3,12,13,14,15,16). The van der Waals surface area contributed by atoms with E-state index in [0.29, 0.717) is 12.2 Å². The number of nitrogens with two attached hydrogens (primary N) is 1. The molecule has 6 heteroatoms. The molecule has 6 nitrogen and oxygen atoms in total. The maximum absolute atomic E-state index is 11.1. The molecule has 0 aliphatic heterocycles. The van der Waals surface area contributed by atoms with Crippen molar-refractivity contribution in [1.82, 2.24) is 15.0 Å². The number of nitrogens with one attached hydrogen (secondary N) is 1. The second-order valence-corrected chi connectivity index (χ2v) is 3.49. The number of rotatable bonds is 3. The molecule has 0 fully saturated rings. The fraction of sp³-hybridized carbons (Fsp3) is 0.182. The topological polar surface area (TPSA) is 93.9 Å². The Morgan fingerprint density at radius 1 is 1.41 bits per heavy atom. The summed E-state index contributed by atoms with van der Waals surface area (Å²) in [6, 6.07) is 7.51. The Kier molecular flexibility index (Phi) is 3.04. The molecule has 1 aromatic carbocycles. The van der Waals surface area contributed by atoms with Crippen LogP contribution in [0.25, 0.3) is 0 Å². The molecule has 0 spiro atoms. The maximum Gasteiger partial charge on any atom is 0.349 e. The normalized spacial score (nSPS) is 10.2. The van der Waals surface area contributed by atoms with E-state index >= 15 is 0 Å². The quantitative estimate of drug-likeness (QED) is 0.796. The number of aromatic nitrogens is 3. The monoisotopic (exact) mass is 232 g/mol. The van der Waals surface area contributed by atoms with E-state index < -0.39 is 5.69 Å². The lowest BCUT2D eigenvalue weighted by molar-refractivity contribution is 0.414. The van der Waals surface area contributed by atoms with Gasteiger partial charge in [-0.05, 0) is 17.7 Å². The van der Waals surface area contributed by atoms with Crippen LogP contribution in [0.5, 0.6) is 5.75 Å². The third-order valence-electron chi connectivity index (χ3n) is 2.22. The zero-order valence-electron chi connectivity index (χ0n) is 9.30. The van der Waals surface area contributed by atoms with Crippen molar-refractivity contribution in [2.24, 2.45) is 0 Å². The molecule has 0 saturated carbocycles. The van der Waals surface area contributed by atoms with Crippen molar-refractivity contribution in [2.45, 2.75) is 6.42 Å². The average Bonchev–Trinajstić information content (AvgIpc) is 2.28. The number of H-pyrrole nitrogens is 1. The highest BCUT2D eigenvalue weighted by atomic mass is 16.5. The van der Waals surface area contributed by atoms with Gasteiger partial charge in [0.05, 0.1) is 7.11 Å². The highest BCUT2D eigenvalue weighted by molar-refractivity contribution is 5.30. The minimum absolute atomic E-state index is 0.0216. The minimum atomic E-state index is -0.490. The minimum Gasteiger partial charge on any atom is -0.497 e. The molecule has 0 bridgehead atoms. The van der Waals surface area contributed by atoms with Crippen molar-refractivity contribution in [3.05, 3.63) is 46.1 Å². The van der Waals surface area contributed by atoms with Crippen LogP contribution in [0.4, 0.5) is 5.95 Å². The summed E-state index contributed by atoms with van der Waals surface area (Å²) in [5.41, 5.74) is 5.88. The number of nitrogen functional groups attached to an aromatic ring is 1. The van der Waals surface area contributed by atoms with E-state index in [1.165, 1.54) is 0 Å². The zero-order valence-corrected chi connectivity index (χ0v) is 9.30. The summed E-state index contributed by atoms with van der Waals surface area (Å²) in [5, 5.41) is 0. The van der Waals surface area contributed by atoms with Crippen molar-refractivity contribution in [1.29, 1.82) is 0 Å². The Labute approximate surface area is 97.5 Å². The van der Waals surface area contributed by atoms with E-state index in [9.17, 15) is 4.79 Å². The van der Waals surface area contributed by atoms with Gasteiger partial charge in [-0.1, -0.05) is 12.1 Å². The first kappa shape index (κ1) is 11.1. The van der Waals surface area contributed by atoms with Crippen molar-refractivity contribution in [2.75, 3.05) is 12.8 Å². The molecule has 0 radical (unpaired) electrons. The lowest BCUT2D eigenvalue weighted by atomic mass is 10.1. The number of hydrogen-bond acceptors (Lipinski definition) is 5. The fourth-order valence-corrected chi connectivity index (χ4v) is 1.51. The molecule has 1 heterocycles. The predicted octanol–water partition coefficient (Wildman–Crippen LogP) is 0.346. The molecule has 88 valence electrons. The summed E-state index contributed by atoms with van der Waals surface area (Å²) in [5.74, 6) is 1.22. The molecule has 3 N–H and O–H groups in total. The Morgan fingerprint density at radius 2 is 2.24 bits per heavy atom. The van der Waals surface area contributed by atoms with E-state index in [1.54, 1.807) is 7.11 Å². The number of methoxy groups -OCH3 is 1. The van der Waals surface area contributed by atoms with E-state index in [2.05, 4.69) is 15.0 Å². The van der Waals surface area contributed by atoms with E-state index in [1.807, 2.05) is 24.3 Å².